The SMILES string of the molecule is C[C@@H](CN(C)C(=O)OC(C)(C)C)Oc1ccncc1B(O)O. The van der Waals surface area contributed by atoms with E-state index in [2.05, 4.69) is 4.98 Å². The van der Waals surface area contributed by atoms with Gasteiger partial charge in [-0.3, -0.25) is 4.98 Å². The maximum Gasteiger partial charge on any atom is 0.493 e. The van der Waals surface area contributed by atoms with Gasteiger partial charge in [0.1, 0.15) is 17.5 Å². The van der Waals surface area contributed by atoms with Gasteiger partial charge >= 0.3 is 13.2 Å². The molecule has 0 aliphatic heterocycles. The van der Waals surface area contributed by atoms with Gasteiger partial charge in [-0.2, -0.15) is 0 Å². The molecule has 22 heavy (non-hydrogen) atoms. The Morgan fingerprint density at radius 3 is 2.64 bits per heavy atom. The molecule has 0 saturated heterocycles. The highest BCUT2D eigenvalue weighted by Crippen LogP contribution is 2.12. The summed E-state index contributed by atoms with van der Waals surface area (Å²) >= 11 is 0. The molecule has 1 heterocycles. The molecule has 0 unspecified atom stereocenters. The second kappa shape index (κ2) is 7.46. The number of carbonyl (C=O) groups excluding carboxylic acids is 1. The molecule has 0 spiro atoms. The summed E-state index contributed by atoms with van der Waals surface area (Å²) in [7, 11) is -0.0538. The van der Waals surface area contributed by atoms with Gasteiger partial charge in [0, 0.05) is 24.9 Å². The second-order valence-corrected chi connectivity index (χ2v) is 6.08. The summed E-state index contributed by atoms with van der Waals surface area (Å²) in [5.74, 6) is 0.315. The molecule has 1 rings (SSSR count). The molecule has 1 atom stereocenters. The summed E-state index contributed by atoms with van der Waals surface area (Å²) in [6, 6.07) is 1.54. The summed E-state index contributed by atoms with van der Waals surface area (Å²) in [6.07, 6.45) is 2.01. The molecule has 122 valence electrons. The maximum atomic E-state index is 11.9. The van der Waals surface area contributed by atoms with E-state index >= 15 is 0 Å². The van der Waals surface area contributed by atoms with Gasteiger partial charge in [-0.1, -0.05) is 0 Å². The Bertz CT molecular complexity index is 504. The smallest absolute Gasteiger partial charge is 0.489 e. The van der Waals surface area contributed by atoms with Crippen LogP contribution in [0.2, 0.25) is 0 Å². The fraction of sp³-hybridized carbons (Fsp3) is 0.571. The van der Waals surface area contributed by atoms with Crippen LogP contribution in [0.1, 0.15) is 27.7 Å². The molecule has 1 aromatic rings. The van der Waals surface area contributed by atoms with Gasteiger partial charge in [0.25, 0.3) is 0 Å². The Hall–Kier alpha value is -1.80. The first-order valence-corrected chi connectivity index (χ1v) is 7.01. The van der Waals surface area contributed by atoms with Crippen LogP contribution in [0.25, 0.3) is 0 Å². The monoisotopic (exact) mass is 310 g/mol. The van der Waals surface area contributed by atoms with E-state index < -0.39 is 18.8 Å². The number of rotatable bonds is 5. The van der Waals surface area contributed by atoms with E-state index in [-0.39, 0.29) is 18.1 Å². The van der Waals surface area contributed by atoms with Gasteiger partial charge < -0.3 is 24.4 Å². The van der Waals surface area contributed by atoms with E-state index in [9.17, 15) is 14.8 Å². The van der Waals surface area contributed by atoms with E-state index in [0.29, 0.717) is 5.75 Å². The van der Waals surface area contributed by atoms with Crippen LogP contribution in [0.3, 0.4) is 0 Å². The molecule has 0 bridgehead atoms. The molecule has 1 amide bonds. The van der Waals surface area contributed by atoms with Crippen molar-refractivity contribution in [1.29, 1.82) is 0 Å². The lowest BCUT2D eigenvalue weighted by molar-refractivity contribution is 0.0238. The summed E-state index contributed by atoms with van der Waals surface area (Å²) in [5, 5.41) is 18.5. The molecule has 0 aromatic carbocycles. The number of nitrogens with zero attached hydrogens (tertiary/aromatic N) is 2. The number of carbonyl (C=O) groups is 1. The van der Waals surface area contributed by atoms with Crippen molar-refractivity contribution in [1.82, 2.24) is 9.88 Å². The molecule has 2 N–H and O–H groups in total. The average Bonchev–Trinajstić information content (AvgIpc) is 2.36. The summed E-state index contributed by atoms with van der Waals surface area (Å²) < 4.78 is 10.9. The normalized spacial score (nSPS) is 12.5. The summed E-state index contributed by atoms with van der Waals surface area (Å²) in [4.78, 5) is 17.1. The molecule has 0 aliphatic rings. The summed E-state index contributed by atoms with van der Waals surface area (Å²) in [5.41, 5.74) is -0.386. The fourth-order valence-corrected chi connectivity index (χ4v) is 1.75. The lowest BCUT2D eigenvalue weighted by Crippen LogP contribution is -2.40. The Balaban J connectivity index is 2.63. The van der Waals surface area contributed by atoms with Crippen LogP contribution >= 0.6 is 0 Å². The topological polar surface area (TPSA) is 92.1 Å². The van der Waals surface area contributed by atoms with E-state index in [0.717, 1.165) is 0 Å². The van der Waals surface area contributed by atoms with Crippen molar-refractivity contribution in [2.45, 2.75) is 39.4 Å². The van der Waals surface area contributed by atoms with Crippen molar-refractivity contribution < 1.29 is 24.3 Å². The van der Waals surface area contributed by atoms with E-state index in [4.69, 9.17) is 9.47 Å². The molecule has 0 aliphatic carbocycles. The molecular weight excluding hydrogens is 287 g/mol. The minimum absolute atomic E-state index is 0.175. The zero-order valence-corrected chi connectivity index (χ0v) is 13.6. The molecule has 0 fully saturated rings. The first-order chi connectivity index (χ1) is 10.1. The van der Waals surface area contributed by atoms with Gasteiger partial charge in [0.2, 0.25) is 0 Å². The van der Waals surface area contributed by atoms with Gasteiger partial charge in [0.05, 0.1) is 6.54 Å². The third kappa shape index (κ3) is 5.91. The van der Waals surface area contributed by atoms with E-state index in [1.807, 2.05) is 0 Å². The van der Waals surface area contributed by atoms with Crippen LogP contribution in [-0.4, -0.2) is 58.4 Å². The highest BCUT2D eigenvalue weighted by Gasteiger charge is 2.23. The van der Waals surface area contributed by atoms with Gasteiger partial charge in [-0.05, 0) is 33.8 Å². The Kier molecular flexibility index (Phi) is 6.19. The number of ether oxygens (including phenoxy) is 2. The molecule has 0 saturated carbocycles. The third-order valence-corrected chi connectivity index (χ3v) is 2.65. The van der Waals surface area contributed by atoms with Crippen LogP contribution < -0.4 is 10.2 Å². The molecule has 7 nitrogen and oxygen atoms in total. The van der Waals surface area contributed by atoms with Gasteiger partial charge in [0.15, 0.2) is 0 Å². The van der Waals surface area contributed by atoms with Crippen LogP contribution in [-0.2, 0) is 4.74 Å². The standard InChI is InChI=1S/C14H23BN2O5/c1-10(9-17(5)13(18)22-14(2,3)4)21-12-6-7-16-8-11(12)15(19)20/h6-8,10,19-20H,9H2,1-5H3/t10-/m0/s1. The van der Waals surface area contributed by atoms with Crippen molar-refractivity contribution in [3.8, 4) is 5.75 Å². The number of hydrogen-bond donors (Lipinski definition) is 2. The van der Waals surface area contributed by atoms with Crippen molar-refractivity contribution in [2.24, 2.45) is 0 Å². The highest BCUT2D eigenvalue weighted by atomic mass is 16.6. The Morgan fingerprint density at radius 2 is 2.09 bits per heavy atom. The Labute approximate surface area is 131 Å². The molecule has 0 radical (unpaired) electrons. The van der Waals surface area contributed by atoms with E-state index in [1.165, 1.54) is 17.3 Å². The first kappa shape index (κ1) is 18.3. The lowest BCUT2D eigenvalue weighted by atomic mass is 9.81. The minimum atomic E-state index is -1.67. The quantitative estimate of drug-likeness (QED) is 0.765. The Morgan fingerprint density at radius 1 is 1.45 bits per heavy atom. The van der Waals surface area contributed by atoms with Crippen LogP contribution in [0.15, 0.2) is 18.5 Å². The average molecular weight is 310 g/mol. The second-order valence-electron chi connectivity index (χ2n) is 6.08. The largest absolute Gasteiger partial charge is 0.493 e. The van der Waals surface area contributed by atoms with Crippen LogP contribution in [0.4, 0.5) is 4.79 Å². The number of aromatic nitrogens is 1. The zero-order valence-electron chi connectivity index (χ0n) is 13.6. The number of pyridine rings is 1. The number of likely N-dealkylation sites (N-methyl/N-ethyl adjacent to an activating group) is 1. The molecule has 8 heteroatoms. The van der Waals surface area contributed by atoms with Crippen LogP contribution in [0.5, 0.6) is 5.75 Å². The molecule has 1 aromatic heterocycles. The van der Waals surface area contributed by atoms with Crippen molar-refractivity contribution in [2.75, 3.05) is 13.6 Å². The van der Waals surface area contributed by atoms with Crippen LogP contribution in [0, 0.1) is 0 Å². The van der Waals surface area contributed by atoms with Gasteiger partial charge in [-0.15, -0.1) is 0 Å². The zero-order chi connectivity index (χ0) is 16.9. The number of hydrogen-bond acceptors (Lipinski definition) is 6. The first-order valence-electron chi connectivity index (χ1n) is 7.01. The van der Waals surface area contributed by atoms with Crippen molar-refractivity contribution >= 4 is 18.7 Å². The fourth-order valence-electron chi connectivity index (χ4n) is 1.75. The maximum absolute atomic E-state index is 11.9. The lowest BCUT2D eigenvalue weighted by Gasteiger charge is -2.27. The van der Waals surface area contributed by atoms with Crippen molar-refractivity contribution in [3.63, 3.8) is 0 Å². The number of amides is 1. The predicted molar refractivity (Wildman–Crippen MR) is 83.0 cm³/mol. The van der Waals surface area contributed by atoms with Gasteiger partial charge in [-0.25, -0.2) is 4.79 Å². The van der Waals surface area contributed by atoms with E-state index in [1.54, 1.807) is 40.8 Å². The third-order valence-electron chi connectivity index (χ3n) is 2.65. The molecular formula is C14H23BN2O5. The minimum Gasteiger partial charge on any atom is -0.489 e. The van der Waals surface area contributed by atoms with Crippen molar-refractivity contribution in [3.05, 3.63) is 18.5 Å². The predicted octanol–water partition coefficient (Wildman–Crippen LogP) is 0.396. The summed E-state index contributed by atoms with van der Waals surface area (Å²) in [6.45, 7) is 7.45. The highest BCUT2D eigenvalue weighted by molar-refractivity contribution is 6.59.